The minimum Gasteiger partial charge on any atom is -0.465 e. The molecule has 28 heavy (non-hydrogen) atoms. The fourth-order valence-corrected chi connectivity index (χ4v) is 5.26. The number of hydrogen-bond donors (Lipinski definition) is 1. The molecule has 1 unspecified atom stereocenters. The third-order valence-corrected chi connectivity index (χ3v) is 6.87. The van der Waals surface area contributed by atoms with Gasteiger partial charge in [-0.2, -0.15) is 0 Å². The Bertz CT molecular complexity index is 1010. The second-order valence-electron chi connectivity index (χ2n) is 8.25. The lowest BCUT2D eigenvalue weighted by atomic mass is 9.64. The van der Waals surface area contributed by atoms with E-state index >= 15 is 0 Å². The molecule has 2 aromatic rings. The zero-order valence-electron chi connectivity index (χ0n) is 16.5. The minimum atomic E-state index is -0.760. The van der Waals surface area contributed by atoms with Gasteiger partial charge in [0, 0.05) is 11.8 Å². The van der Waals surface area contributed by atoms with Crippen LogP contribution in [0.5, 0.6) is 11.5 Å². The molecule has 0 aromatic heterocycles. The second-order valence-corrected chi connectivity index (χ2v) is 8.25. The molecule has 5 nitrogen and oxygen atoms in total. The summed E-state index contributed by atoms with van der Waals surface area (Å²) in [6, 6.07) is 6.01. The summed E-state index contributed by atoms with van der Waals surface area (Å²) in [7, 11) is 0. The molecule has 0 spiro atoms. The van der Waals surface area contributed by atoms with Crippen LogP contribution in [0.3, 0.4) is 0 Å². The smallest absolute Gasteiger partial charge is 0.310 e. The van der Waals surface area contributed by atoms with Gasteiger partial charge in [0.05, 0.1) is 18.6 Å². The highest BCUT2D eigenvalue weighted by Crippen LogP contribution is 2.55. The molecule has 1 N–H and O–H groups in total. The van der Waals surface area contributed by atoms with Gasteiger partial charge in [0.1, 0.15) is 0 Å². The first-order valence-corrected chi connectivity index (χ1v) is 9.74. The molecule has 0 saturated carbocycles. The Kier molecular flexibility index (Phi) is 3.75. The Balaban J connectivity index is 1.80. The molecule has 0 radical (unpaired) electrons. The van der Waals surface area contributed by atoms with E-state index in [1.807, 2.05) is 12.1 Å². The van der Waals surface area contributed by atoms with Crippen molar-refractivity contribution in [1.29, 1.82) is 0 Å². The van der Waals surface area contributed by atoms with Crippen LogP contribution >= 0.6 is 0 Å². The van der Waals surface area contributed by atoms with Gasteiger partial charge in [-0.25, -0.2) is 0 Å². The number of fused-ring (bicyclic) bond motifs is 3. The SMILES string of the molecule is Cc1cc(C)c([C@@H]2c3cc4c(cc3[C@H](O)C3COC(=O)[C@H]32)OCO4)c(C)c1C. The topological polar surface area (TPSA) is 65.0 Å². The lowest BCUT2D eigenvalue weighted by molar-refractivity contribution is -0.141. The van der Waals surface area contributed by atoms with Crippen LogP contribution in [0.25, 0.3) is 0 Å². The normalized spacial score (nSPS) is 27.4. The van der Waals surface area contributed by atoms with Crippen LogP contribution in [-0.4, -0.2) is 24.5 Å². The number of ether oxygens (including phenoxy) is 3. The van der Waals surface area contributed by atoms with Crippen molar-refractivity contribution in [3.63, 3.8) is 0 Å². The Morgan fingerprint density at radius 1 is 0.893 bits per heavy atom. The van der Waals surface area contributed by atoms with Crippen molar-refractivity contribution in [2.24, 2.45) is 11.8 Å². The number of benzene rings is 2. The lowest BCUT2D eigenvalue weighted by Gasteiger charge is -2.38. The Morgan fingerprint density at radius 2 is 1.57 bits per heavy atom. The van der Waals surface area contributed by atoms with Crippen LogP contribution in [0.1, 0.15) is 51.0 Å². The van der Waals surface area contributed by atoms with Crippen LogP contribution in [0.15, 0.2) is 18.2 Å². The second kappa shape index (κ2) is 5.98. The number of rotatable bonds is 1. The Labute approximate surface area is 164 Å². The van der Waals surface area contributed by atoms with Gasteiger partial charge in [-0.15, -0.1) is 0 Å². The molecule has 146 valence electrons. The monoisotopic (exact) mass is 380 g/mol. The van der Waals surface area contributed by atoms with E-state index in [9.17, 15) is 9.90 Å². The van der Waals surface area contributed by atoms with E-state index in [1.165, 1.54) is 16.7 Å². The Hall–Kier alpha value is -2.53. The largest absolute Gasteiger partial charge is 0.465 e. The Morgan fingerprint density at radius 3 is 2.29 bits per heavy atom. The van der Waals surface area contributed by atoms with E-state index in [0.717, 1.165) is 22.3 Å². The summed E-state index contributed by atoms with van der Waals surface area (Å²) in [6.07, 6.45) is -0.760. The van der Waals surface area contributed by atoms with E-state index in [-0.39, 0.29) is 31.2 Å². The van der Waals surface area contributed by atoms with Gasteiger partial charge >= 0.3 is 5.97 Å². The maximum absolute atomic E-state index is 12.8. The molecule has 5 rings (SSSR count). The molecular formula is C23H24O5. The summed E-state index contributed by atoms with van der Waals surface area (Å²) in [4.78, 5) is 12.8. The van der Waals surface area contributed by atoms with Gasteiger partial charge in [-0.3, -0.25) is 4.79 Å². The van der Waals surface area contributed by atoms with Crippen molar-refractivity contribution in [1.82, 2.24) is 0 Å². The highest BCUT2D eigenvalue weighted by molar-refractivity contribution is 5.79. The van der Waals surface area contributed by atoms with Gasteiger partial charge < -0.3 is 19.3 Å². The molecule has 2 heterocycles. The minimum absolute atomic E-state index is 0.174. The maximum atomic E-state index is 12.8. The van der Waals surface area contributed by atoms with Gasteiger partial charge in [-0.1, -0.05) is 6.07 Å². The van der Waals surface area contributed by atoms with Crippen molar-refractivity contribution in [2.75, 3.05) is 13.4 Å². The van der Waals surface area contributed by atoms with E-state index < -0.39 is 12.0 Å². The predicted octanol–water partition coefficient (Wildman–Crippen LogP) is 3.62. The van der Waals surface area contributed by atoms with E-state index in [4.69, 9.17) is 14.2 Å². The van der Waals surface area contributed by atoms with E-state index in [2.05, 4.69) is 33.8 Å². The third-order valence-electron chi connectivity index (χ3n) is 6.87. The van der Waals surface area contributed by atoms with Crippen molar-refractivity contribution >= 4 is 5.97 Å². The van der Waals surface area contributed by atoms with E-state index in [0.29, 0.717) is 11.5 Å². The number of hydrogen-bond acceptors (Lipinski definition) is 5. The average molecular weight is 380 g/mol. The van der Waals surface area contributed by atoms with Crippen LogP contribution in [0, 0.1) is 39.5 Å². The van der Waals surface area contributed by atoms with Gasteiger partial charge in [0.25, 0.3) is 0 Å². The van der Waals surface area contributed by atoms with Gasteiger partial charge in [-0.05, 0) is 78.8 Å². The predicted molar refractivity (Wildman–Crippen MR) is 103 cm³/mol. The molecule has 2 aromatic carbocycles. The average Bonchev–Trinajstić information content (AvgIpc) is 3.27. The number of esters is 1. The number of carbonyl (C=O) groups is 1. The number of aliphatic hydroxyl groups is 1. The number of aryl methyl sites for hydroxylation is 2. The first-order chi connectivity index (χ1) is 13.4. The third kappa shape index (κ3) is 2.26. The van der Waals surface area contributed by atoms with E-state index in [1.54, 1.807) is 0 Å². The molecular weight excluding hydrogens is 356 g/mol. The lowest BCUT2D eigenvalue weighted by Crippen LogP contribution is -2.35. The number of aliphatic hydroxyl groups excluding tert-OH is 1. The number of carbonyl (C=O) groups excluding carboxylic acids is 1. The standard InChI is InChI=1S/C23H24O5/c1-10-5-11(2)19(13(4)12(10)3)20-14-6-17-18(28-9-27-17)7-15(14)22(24)16-8-26-23(25)21(16)20/h5-7,16,20-22,24H,8-9H2,1-4H3/t16?,20-,21+,22-/m0/s1. The summed E-state index contributed by atoms with van der Waals surface area (Å²) in [5.74, 6) is 0.253. The van der Waals surface area contributed by atoms with Crippen molar-refractivity contribution in [2.45, 2.75) is 39.7 Å². The fourth-order valence-electron chi connectivity index (χ4n) is 5.26. The van der Waals surface area contributed by atoms with Crippen molar-refractivity contribution in [3.05, 3.63) is 57.1 Å². The summed E-state index contributed by atoms with van der Waals surface area (Å²) in [5.41, 5.74) is 7.73. The maximum Gasteiger partial charge on any atom is 0.310 e. The quantitative estimate of drug-likeness (QED) is 0.766. The summed E-state index contributed by atoms with van der Waals surface area (Å²) in [6.45, 7) is 8.88. The molecule has 1 aliphatic carbocycles. The first kappa shape index (κ1) is 17.6. The van der Waals surface area contributed by atoms with Crippen LogP contribution in [-0.2, 0) is 9.53 Å². The highest BCUT2D eigenvalue weighted by atomic mass is 16.7. The molecule has 0 amide bonds. The molecule has 1 saturated heterocycles. The summed E-state index contributed by atoms with van der Waals surface area (Å²) >= 11 is 0. The molecule has 0 bridgehead atoms. The van der Waals surface area contributed by atoms with Crippen molar-refractivity contribution in [3.8, 4) is 11.5 Å². The summed E-state index contributed by atoms with van der Waals surface area (Å²) < 4.78 is 16.6. The highest BCUT2D eigenvalue weighted by Gasteiger charge is 2.52. The van der Waals surface area contributed by atoms with Gasteiger partial charge in [0.15, 0.2) is 11.5 Å². The fraction of sp³-hybridized carbons (Fsp3) is 0.435. The molecule has 3 aliphatic rings. The first-order valence-electron chi connectivity index (χ1n) is 9.74. The molecule has 2 aliphatic heterocycles. The van der Waals surface area contributed by atoms with Gasteiger partial charge in [0.2, 0.25) is 6.79 Å². The zero-order valence-corrected chi connectivity index (χ0v) is 16.5. The molecule has 4 atom stereocenters. The van der Waals surface area contributed by atoms with Crippen molar-refractivity contribution < 1.29 is 24.1 Å². The van der Waals surface area contributed by atoms with Crippen LogP contribution in [0.2, 0.25) is 0 Å². The number of cyclic esters (lactones) is 1. The van der Waals surface area contributed by atoms with Crippen LogP contribution < -0.4 is 9.47 Å². The summed E-state index contributed by atoms with van der Waals surface area (Å²) in [5, 5.41) is 11.1. The van der Waals surface area contributed by atoms with Crippen LogP contribution in [0.4, 0.5) is 0 Å². The molecule has 1 fully saturated rings. The zero-order chi connectivity index (χ0) is 19.7. The molecule has 5 heteroatoms.